The van der Waals surface area contributed by atoms with Gasteiger partial charge in [-0.15, -0.1) is 5.10 Å². The molecule has 148 valence electrons. The lowest BCUT2D eigenvalue weighted by Gasteiger charge is -2.25. The Hall–Kier alpha value is -2.78. The second kappa shape index (κ2) is 8.49. The Kier molecular flexibility index (Phi) is 5.63. The first kappa shape index (κ1) is 18.6. The van der Waals surface area contributed by atoms with Gasteiger partial charge < -0.3 is 15.0 Å². The summed E-state index contributed by atoms with van der Waals surface area (Å²) in [6.45, 7) is 6.52. The fourth-order valence-corrected chi connectivity index (χ4v) is 3.59. The number of aromatic amines is 1. The number of aromatic nitrogens is 5. The molecule has 28 heavy (non-hydrogen) atoms. The summed E-state index contributed by atoms with van der Waals surface area (Å²) in [6.07, 6.45) is 0.776. The number of aryl methyl sites for hydroxylation is 1. The highest BCUT2D eigenvalue weighted by molar-refractivity contribution is 5.84. The summed E-state index contributed by atoms with van der Waals surface area (Å²) in [7, 11) is 0. The summed E-state index contributed by atoms with van der Waals surface area (Å²) in [5.41, 5.74) is 3.51. The van der Waals surface area contributed by atoms with Crippen molar-refractivity contribution in [1.29, 1.82) is 0 Å². The molecule has 2 aromatic heterocycles. The van der Waals surface area contributed by atoms with Gasteiger partial charge in [-0.2, -0.15) is 0 Å². The van der Waals surface area contributed by atoms with Crippen LogP contribution in [0.2, 0.25) is 0 Å². The predicted octanol–water partition coefficient (Wildman–Crippen LogP) is 0.654. The van der Waals surface area contributed by atoms with Crippen molar-refractivity contribution in [3.05, 3.63) is 41.3 Å². The highest BCUT2D eigenvalue weighted by Crippen LogP contribution is 2.21. The van der Waals surface area contributed by atoms with Crippen molar-refractivity contribution in [2.75, 3.05) is 32.8 Å². The first-order chi connectivity index (χ1) is 13.7. The molecular weight excluding hydrogens is 358 g/mol. The first-order valence-corrected chi connectivity index (χ1v) is 9.59. The Morgan fingerprint density at radius 3 is 2.96 bits per heavy atom. The van der Waals surface area contributed by atoms with E-state index >= 15 is 0 Å². The average Bonchev–Trinajstić information content (AvgIpc) is 3.26. The fourth-order valence-electron chi connectivity index (χ4n) is 3.59. The second-order valence-electron chi connectivity index (χ2n) is 7.02. The van der Waals surface area contributed by atoms with Gasteiger partial charge in [0.25, 0.3) is 0 Å². The summed E-state index contributed by atoms with van der Waals surface area (Å²) < 4.78 is 6.93. The molecule has 3 aromatic rings. The van der Waals surface area contributed by atoms with Crippen molar-refractivity contribution >= 4 is 16.8 Å². The number of amides is 1. The van der Waals surface area contributed by atoms with Crippen LogP contribution in [0.3, 0.4) is 0 Å². The minimum atomic E-state index is -0.0898. The summed E-state index contributed by atoms with van der Waals surface area (Å²) in [5, 5.41) is 15.9. The zero-order valence-corrected chi connectivity index (χ0v) is 16.0. The van der Waals surface area contributed by atoms with Crippen LogP contribution in [0.5, 0.6) is 0 Å². The van der Waals surface area contributed by atoms with Crippen molar-refractivity contribution < 1.29 is 9.53 Å². The molecule has 1 aliphatic heterocycles. The number of morpholine rings is 1. The number of H-pyrrole nitrogens is 1. The van der Waals surface area contributed by atoms with Gasteiger partial charge >= 0.3 is 0 Å². The van der Waals surface area contributed by atoms with Gasteiger partial charge in [0.15, 0.2) is 5.82 Å². The first-order valence-electron chi connectivity index (χ1n) is 9.59. The third-order valence-electron chi connectivity index (χ3n) is 5.09. The lowest BCUT2D eigenvalue weighted by molar-refractivity contribution is -0.121. The number of hydrogen-bond donors (Lipinski definition) is 2. The molecule has 9 nitrogen and oxygen atoms in total. The van der Waals surface area contributed by atoms with Gasteiger partial charge in [-0.25, -0.2) is 4.68 Å². The highest BCUT2D eigenvalue weighted by atomic mass is 16.5. The number of para-hydroxylation sites is 1. The molecule has 0 bridgehead atoms. The van der Waals surface area contributed by atoms with Crippen molar-refractivity contribution in [3.63, 3.8) is 0 Å². The minimum Gasteiger partial charge on any atom is -0.379 e. The summed E-state index contributed by atoms with van der Waals surface area (Å²) in [4.78, 5) is 18.0. The number of nitrogens with one attached hydrogen (secondary N) is 2. The quantitative estimate of drug-likeness (QED) is 0.621. The normalized spacial score (nSPS) is 15.2. The third kappa shape index (κ3) is 4.20. The summed E-state index contributed by atoms with van der Waals surface area (Å²) in [6, 6.07) is 8.23. The van der Waals surface area contributed by atoms with Crippen LogP contribution in [0, 0.1) is 6.92 Å². The van der Waals surface area contributed by atoms with Crippen LogP contribution >= 0.6 is 0 Å². The van der Waals surface area contributed by atoms with E-state index in [9.17, 15) is 4.79 Å². The molecular formula is C19H25N7O2. The van der Waals surface area contributed by atoms with Crippen molar-refractivity contribution in [2.45, 2.75) is 26.4 Å². The predicted molar refractivity (Wildman–Crippen MR) is 104 cm³/mol. The minimum absolute atomic E-state index is 0.0898. The van der Waals surface area contributed by atoms with E-state index in [1.165, 1.54) is 10.9 Å². The third-order valence-corrected chi connectivity index (χ3v) is 5.09. The molecule has 0 radical (unpaired) electrons. The Bertz CT molecular complexity index is 943. The smallest absolute Gasteiger partial charge is 0.241 e. The van der Waals surface area contributed by atoms with Crippen LogP contribution < -0.4 is 5.32 Å². The molecule has 2 N–H and O–H groups in total. The zero-order chi connectivity index (χ0) is 19.3. The number of fused-ring (bicyclic) bond motifs is 1. The number of rotatable bonds is 7. The molecule has 3 heterocycles. The molecule has 1 saturated heterocycles. The maximum Gasteiger partial charge on any atom is 0.241 e. The molecule has 0 saturated carbocycles. The van der Waals surface area contributed by atoms with E-state index in [2.05, 4.69) is 49.8 Å². The fraction of sp³-hybridized carbons (Fsp3) is 0.474. The molecule has 4 rings (SSSR count). The second-order valence-corrected chi connectivity index (χ2v) is 7.02. The maximum atomic E-state index is 12.4. The maximum absolute atomic E-state index is 12.4. The number of nitrogens with zero attached hydrogens (tertiary/aromatic N) is 5. The van der Waals surface area contributed by atoms with Gasteiger partial charge in [0.05, 0.1) is 19.8 Å². The summed E-state index contributed by atoms with van der Waals surface area (Å²) >= 11 is 0. The number of ether oxygens (including phenoxy) is 1. The standard InChI is InChI=1S/C19H25N7O2/c1-14-15(16-4-2-3-5-17(16)21-14)6-7-20-19(27)13-26-18(22-23-24-26)12-25-8-10-28-11-9-25/h2-5,21H,6-13H2,1H3,(H,20,27). The van der Waals surface area contributed by atoms with Gasteiger partial charge in [-0.3, -0.25) is 9.69 Å². The van der Waals surface area contributed by atoms with E-state index in [-0.39, 0.29) is 12.5 Å². The molecule has 0 spiro atoms. The number of benzene rings is 1. The monoisotopic (exact) mass is 383 g/mol. The number of hydrogen-bond acceptors (Lipinski definition) is 6. The Morgan fingerprint density at radius 1 is 1.29 bits per heavy atom. The van der Waals surface area contributed by atoms with E-state index in [1.807, 2.05) is 12.1 Å². The average molecular weight is 383 g/mol. The summed E-state index contributed by atoms with van der Waals surface area (Å²) in [5.74, 6) is 0.609. The van der Waals surface area contributed by atoms with E-state index in [1.54, 1.807) is 4.68 Å². The largest absolute Gasteiger partial charge is 0.379 e. The van der Waals surface area contributed by atoms with E-state index < -0.39 is 0 Å². The van der Waals surface area contributed by atoms with Gasteiger partial charge in [0, 0.05) is 36.2 Å². The van der Waals surface area contributed by atoms with Gasteiger partial charge in [-0.1, -0.05) is 18.2 Å². The number of carbonyl (C=O) groups is 1. The molecule has 9 heteroatoms. The lowest BCUT2D eigenvalue weighted by Crippen LogP contribution is -2.37. The molecule has 1 aliphatic rings. The molecule has 0 unspecified atom stereocenters. The zero-order valence-electron chi connectivity index (χ0n) is 16.0. The Morgan fingerprint density at radius 2 is 2.11 bits per heavy atom. The lowest BCUT2D eigenvalue weighted by atomic mass is 10.1. The van der Waals surface area contributed by atoms with Crippen molar-refractivity contribution in [1.82, 2.24) is 35.4 Å². The molecule has 1 amide bonds. The SMILES string of the molecule is Cc1[nH]c2ccccc2c1CCNC(=O)Cn1nnnc1CN1CCOCC1. The van der Waals surface area contributed by atoms with Crippen LogP contribution in [-0.4, -0.2) is 68.8 Å². The topological polar surface area (TPSA) is 101 Å². The number of tetrazole rings is 1. The van der Waals surface area contributed by atoms with Crippen LogP contribution in [0.25, 0.3) is 10.9 Å². The molecule has 0 atom stereocenters. The van der Waals surface area contributed by atoms with Crippen molar-refractivity contribution in [2.24, 2.45) is 0 Å². The van der Waals surface area contributed by atoms with E-state index in [0.29, 0.717) is 18.9 Å². The van der Waals surface area contributed by atoms with Gasteiger partial charge in [-0.05, 0) is 35.4 Å². The molecule has 0 aliphatic carbocycles. The Labute approximate surface area is 163 Å². The van der Waals surface area contributed by atoms with Gasteiger partial charge in [0.1, 0.15) is 6.54 Å². The van der Waals surface area contributed by atoms with E-state index in [4.69, 9.17) is 4.74 Å². The van der Waals surface area contributed by atoms with Crippen LogP contribution in [-0.2, 0) is 29.0 Å². The molecule has 1 aromatic carbocycles. The van der Waals surface area contributed by atoms with Gasteiger partial charge in [0.2, 0.25) is 5.91 Å². The molecule has 1 fully saturated rings. The number of carbonyl (C=O) groups excluding carboxylic acids is 1. The van der Waals surface area contributed by atoms with Crippen LogP contribution in [0.4, 0.5) is 0 Å². The van der Waals surface area contributed by atoms with Crippen LogP contribution in [0.15, 0.2) is 24.3 Å². The van der Waals surface area contributed by atoms with Crippen molar-refractivity contribution in [3.8, 4) is 0 Å². The highest BCUT2D eigenvalue weighted by Gasteiger charge is 2.16. The van der Waals surface area contributed by atoms with E-state index in [0.717, 1.165) is 43.9 Å². The Balaban J connectivity index is 1.30. The van der Waals surface area contributed by atoms with Crippen LogP contribution in [0.1, 0.15) is 17.1 Å².